The van der Waals surface area contributed by atoms with E-state index in [1.807, 2.05) is 39.6 Å². The number of fused-ring (bicyclic) bond motifs is 2. The maximum atomic E-state index is 14.7. The van der Waals surface area contributed by atoms with E-state index in [-0.39, 0.29) is 29.7 Å². The number of alkyl halides is 1. The Bertz CT molecular complexity index is 1150. The van der Waals surface area contributed by atoms with Crippen molar-refractivity contribution in [3.63, 3.8) is 0 Å². The molecule has 38 heavy (non-hydrogen) atoms. The molecule has 1 aromatic carbocycles. The van der Waals surface area contributed by atoms with Gasteiger partial charge in [0.1, 0.15) is 23.1 Å². The minimum atomic E-state index is -0.554. The number of amides is 1. The number of aromatic nitrogens is 2. The highest BCUT2D eigenvalue weighted by Crippen LogP contribution is 2.34. The summed E-state index contributed by atoms with van der Waals surface area (Å²) in [6, 6.07) is 3.99. The third kappa shape index (κ3) is 6.14. The van der Waals surface area contributed by atoms with Gasteiger partial charge in [0.25, 0.3) is 0 Å². The van der Waals surface area contributed by atoms with Gasteiger partial charge in [-0.25, -0.2) is 13.6 Å². The summed E-state index contributed by atoms with van der Waals surface area (Å²) in [6.45, 7) is 9.96. The van der Waals surface area contributed by atoms with Crippen LogP contribution in [0.3, 0.4) is 0 Å². The Morgan fingerprint density at radius 3 is 2.61 bits per heavy atom. The molecule has 0 N–H and O–H groups in total. The number of halogens is 3. The molecule has 3 aliphatic heterocycles. The van der Waals surface area contributed by atoms with Gasteiger partial charge < -0.3 is 19.3 Å². The van der Waals surface area contributed by atoms with Crippen molar-refractivity contribution in [1.82, 2.24) is 19.8 Å². The molecular weight excluding hydrogens is 560 g/mol. The molecular formula is C27H38BrF2N5O3. The van der Waals surface area contributed by atoms with Crippen LogP contribution in [-0.4, -0.2) is 89.6 Å². The minimum Gasteiger partial charge on any atom is -0.467 e. The molecule has 0 spiro atoms. The highest BCUT2D eigenvalue weighted by Gasteiger charge is 2.39. The molecule has 11 heteroatoms. The van der Waals surface area contributed by atoms with Crippen LogP contribution in [0.1, 0.15) is 53.4 Å². The standard InChI is InChI=1S/C20H26BrFN4O3.C7H12FN/c1-11-14(9-10-26(11)19(27)29-20(2,3)4)25(5)17-12-7-8-13(21)15(22)16(12)23-18(24-17)28-6;8-6-4-7-2-1-3-9(7)5-6/h7-8,11,14H,9-10H2,1-6H3;6-7H,1-5H2. The Morgan fingerprint density at radius 2 is 1.95 bits per heavy atom. The fraction of sp³-hybridized carbons (Fsp3) is 0.667. The highest BCUT2D eigenvalue weighted by molar-refractivity contribution is 9.10. The number of likely N-dealkylation sites (N-methyl/N-ethyl adjacent to an activating group) is 1. The van der Waals surface area contributed by atoms with Gasteiger partial charge in [0.2, 0.25) is 0 Å². The molecule has 1 amide bonds. The summed E-state index contributed by atoms with van der Waals surface area (Å²) in [5, 5.41) is 0.580. The molecule has 4 unspecified atom stereocenters. The maximum absolute atomic E-state index is 14.7. The van der Waals surface area contributed by atoms with Gasteiger partial charge in [0.15, 0.2) is 5.82 Å². The third-order valence-electron chi connectivity index (χ3n) is 7.53. The van der Waals surface area contributed by atoms with Crippen molar-refractivity contribution in [3.8, 4) is 6.01 Å². The number of carbonyl (C=O) groups is 1. The zero-order valence-electron chi connectivity index (χ0n) is 23.0. The number of likely N-dealkylation sites (tertiary alicyclic amines) is 1. The van der Waals surface area contributed by atoms with E-state index in [0.29, 0.717) is 34.8 Å². The topological polar surface area (TPSA) is 71.0 Å². The van der Waals surface area contributed by atoms with E-state index in [1.54, 1.807) is 17.0 Å². The Labute approximate surface area is 231 Å². The average Bonchev–Trinajstić information content (AvgIpc) is 3.54. The molecule has 3 saturated heterocycles. The second-order valence-corrected chi connectivity index (χ2v) is 12.2. The first-order valence-electron chi connectivity index (χ1n) is 13.2. The smallest absolute Gasteiger partial charge is 0.410 e. The summed E-state index contributed by atoms with van der Waals surface area (Å²) in [5.74, 6) is 0.0915. The lowest BCUT2D eigenvalue weighted by atomic mass is 10.1. The van der Waals surface area contributed by atoms with Crippen LogP contribution in [0.2, 0.25) is 0 Å². The highest BCUT2D eigenvalue weighted by atomic mass is 79.9. The molecule has 0 radical (unpaired) electrons. The second-order valence-electron chi connectivity index (χ2n) is 11.3. The second kappa shape index (κ2) is 11.5. The first kappa shape index (κ1) is 28.7. The Morgan fingerprint density at radius 1 is 1.21 bits per heavy atom. The molecule has 4 heterocycles. The maximum Gasteiger partial charge on any atom is 0.410 e. The van der Waals surface area contributed by atoms with Crippen LogP contribution >= 0.6 is 15.9 Å². The zero-order valence-corrected chi connectivity index (χ0v) is 24.6. The number of ether oxygens (including phenoxy) is 2. The summed E-state index contributed by atoms with van der Waals surface area (Å²) in [7, 11) is 3.34. The Balaban J connectivity index is 0.000000311. The van der Waals surface area contributed by atoms with Crippen molar-refractivity contribution < 1.29 is 23.0 Å². The largest absolute Gasteiger partial charge is 0.467 e. The fourth-order valence-corrected chi connectivity index (χ4v) is 5.98. The number of carbonyl (C=O) groups excluding carboxylic acids is 1. The van der Waals surface area contributed by atoms with Gasteiger partial charge >= 0.3 is 12.1 Å². The van der Waals surface area contributed by atoms with Gasteiger partial charge in [-0.05, 0) is 88.0 Å². The van der Waals surface area contributed by atoms with Gasteiger partial charge in [-0.3, -0.25) is 4.90 Å². The molecule has 3 aliphatic rings. The van der Waals surface area contributed by atoms with E-state index in [0.717, 1.165) is 19.4 Å². The predicted octanol–water partition coefficient (Wildman–Crippen LogP) is 5.57. The summed E-state index contributed by atoms with van der Waals surface area (Å²) in [5.41, 5.74) is -0.371. The van der Waals surface area contributed by atoms with Crippen LogP contribution in [-0.2, 0) is 4.74 Å². The monoisotopic (exact) mass is 597 g/mol. The fourth-order valence-electron chi connectivity index (χ4n) is 5.66. The molecule has 8 nitrogen and oxygen atoms in total. The lowest BCUT2D eigenvalue weighted by Crippen LogP contribution is -2.45. The summed E-state index contributed by atoms with van der Waals surface area (Å²) < 4.78 is 38.3. The molecule has 4 atom stereocenters. The first-order chi connectivity index (χ1) is 17.9. The average molecular weight is 599 g/mol. The molecule has 0 aliphatic carbocycles. The van der Waals surface area contributed by atoms with E-state index in [1.165, 1.54) is 20.0 Å². The SMILES string of the molecule is COc1nc(N(C)C2CCN(C(=O)OC(C)(C)C)C2C)c2ccc(Br)c(F)c2n1.FC1CC2CCCN2C1. The van der Waals surface area contributed by atoms with Gasteiger partial charge in [-0.1, -0.05) is 0 Å². The van der Waals surface area contributed by atoms with Crippen LogP contribution in [0.5, 0.6) is 6.01 Å². The van der Waals surface area contributed by atoms with Crippen LogP contribution < -0.4 is 9.64 Å². The summed E-state index contributed by atoms with van der Waals surface area (Å²) in [4.78, 5) is 27.2. The minimum absolute atomic E-state index is 0.0166. The molecule has 1 aromatic heterocycles. The number of hydrogen-bond acceptors (Lipinski definition) is 7. The van der Waals surface area contributed by atoms with Gasteiger partial charge in [0.05, 0.1) is 23.7 Å². The quantitative estimate of drug-likeness (QED) is 0.458. The van der Waals surface area contributed by atoms with Gasteiger partial charge in [0, 0.05) is 31.6 Å². The lowest BCUT2D eigenvalue weighted by Gasteiger charge is -2.33. The first-order valence-corrected chi connectivity index (χ1v) is 14.0. The van der Waals surface area contributed by atoms with E-state index >= 15 is 0 Å². The third-order valence-corrected chi connectivity index (χ3v) is 8.15. The van der Waals surface area contributed by atoms with Crippen molar-refractivity contribution in [2.45, 2.75) is 83.3 Å². The Hall–Kier alpha value is -2.27. The van der Waals surface area contributed by atoms with E-state index in [9.17, 15) is 13.6 Å². The van der Waals surface area contributed by atoms with E-state index in [2.05, 4.69) is 30.8 Å². The van der Waals surface area contributed by atoms with Crippen molar-refractivity contribution in [1.29, 1.82) is 0 Å². The van der Waals surface area contributed by atoms with E-state index in [4.69, 9.17) is 9.47 Å². The molecule has 3 fully saturated rings. The van der Waals surface area contributed by atoms with Crippen molar-refractivity contribution in [2.75, 3.05) is 38.7 Å². The normalized spacial score (nSPS) is 25.2. The Kier molecular flexibility index (Phi) is 8.66. The number of benzene rings is 1. The predicted molar refractivity (Wildman–Crippen MR) is 147 cm³/mol. The van der Waals surface area contributed by atoms with Crippen LogP contribution in [0.15, 0.2) is 16.6 Å². The van der Waals surface area contributed by atoms with Gasteiger partial charge in [-0.15, -0.1) is 0 Å². The van der Waals surface area contributed by atoms with Crippen molar-refractivity contribution >= 4 is 38.7 Å². The van der Waals surface area contributed by atoms with Gasteiger partial charge in [-0.2, -0.15) is 9.97 Å². The molecule has 0 bridgehead atoms. The van der Waals surface area contributed by atoms with Crippen LogP contribution in [0.25, 0.3) is 10.9 Å². The number of nitrogens with zero attached hydrogens (tertiary/aromatic N) is 5. The summed E-state index contributed by atoms with van der Waals surface area (Å²) >= 11 is 3.20. The zero-order chi connectivity index (χ0) is 27.8. The molecule has 5 rings (SSSR count). The van der Waals surface area contributed by atoms with Crippen molar-refractivity contribution in [2.24, 2.45) is 0 Å². The van der Waals surface area contributed by atoms with Crippen LogP contribution in [0.4, 0.5) is 19.4 Å². The molecule has 2 aromatic rings. The molecule has 210 valence electrons. The summed E-state index contributed by atoms with van der Waals surface area (Å²) in [6.07, 6.45) is 3.22. The lowest BCUT2D eigenvalue weighted by molar-refractivity contribution is 0.0233. The van der Waals surface area contributed by atoms with Crippen LogP contribution in [0, 0.1) is 5.82 Å². The number of methoxy groups -OCH3 is 1. The van der Waals surface area contributed by atoms with E-state index < -0.39 is 17.6 Å². The number of rotatable bonds is 3. The van der Waals surface area contributed by atoms with Crippen molar-refractivity contribution in [3.05, 3.63) is 22.4 Å². The number of hydrogen-bond donors (Lipinski definition) is 0. The molecule has 0 saturated carbocycles. The number of anilines is 1.